The minimum Gasteiger partial charge on any atom is -0.388 e. The minimum absolute atomic E-state index is 0.184. The summed E-state index contributed by atoms with van der Waals surface area (Å²) in [6.45, 7) is 2.06. The summed E-state index contributed by atoms with van der Waals surface area (Å²) >= 11 is 1.13. The number of nitrogens with zero attached hydrogens (tertiary/aromatic N) is 2. The Morgan fingerprint density at radius 1 is 1.47 bits per heavy atom. The van der Waals surface area contributed by atoms with E-state index in [4.69, 9.17) is 0 Å². The molecular weight excluding hydrogens is 262 g/mol. The number of aliphatic hydroxyl groups is 1. The summed E-state index contributed by atoms with van der Waals surface area (Å²) in [5.41, 5.74) is 1.27. The van der Waals surface area contributed by atoms with Crippen molar-refractivity contribution in [3.05, 3.63) is 23.8 Å². The number of amides is 1. The predicted octanol–water partition coefficient (Wildman–Crippen LogP) is 1.58. The zero-order valence-corrected chi connectivity index (χ0v) is 11.4. The number of benzene rings is 1. The third kappa shape index (κ3) is 2.59. The van der Waals surface area contributed by atoms with Gasteiger partial charge in [0.05, 0.1) is 17.3 Å². The zero-order valence-electron chi connectivity index (χ0n) is 10.6. The molecule has 1 atom stereocenters. The second-order valence-electron chi connectivity index (χ2n) is 5.28. The summed E-state index contributed by atoms with van der Waals surface area (Å²) < 4.78 is 8.20. The summed E-state index contributed by atoms with van der Waals surface area (Å²) in [6, 6.07) is 5.23. The van der Waals surface area contributed by atoms with Gasteiger partial charge in [-0.3, -0.25) is 4.79 Å². The molecule has 5 nitrogen and oxygen atoms in total. The number of fused-ring (bicyclic) bond motifs is 1. The van der Waals surface area contributed by atoms with Gasteiger partial charge in [-0.25, -0.2) is 0 Å². The number of aromatic nitrogens is 2. The second kappa shape index (κ2) is 4.54. The van der Waals surface area contributed by atoms with Crippen molar-refractivity contribution in [2.75, 3.05) is 6.54 Å². The van der Waals surface area contributed by atoms with Crippen LogP contribution in [-0.2, 0) is 0 Å². The first-order chi connectivity index (χ1) is 9.06. The summed E-state index contributed by atoms with van der Waals surface area (Å²) in [6.07, 6.45) is 2.08. The van der Waals surface area contributed by atoms with Crippen LogP contribution in [0.1, 0.15) is 30.1 Å². The molecule has 1 amide bonds. The minimum atomic E-state index is -0.804. The van der Waals surface area contributed by atoms with Gasteiger partial charge in [-0.05, 0) is 43.9 Å². The van der Waals surface area contributed by atoms with Gasteiger partial charge < -0.3 is 10.4 Å². The van der Waals surface area contributed by atoms with Crippen molar-refractivity contribution >= 4 is 28.7 Å². The Morgan fingerprint density at radius 2 is 2.21 bits per heavy atom. The Morgan fingerprint density at radius 3 is 2.95 bits per heavy atom. The lowest BCUT2D eigenvalue weighted by Crippen LogP contribution is -2.42. The Kier molecular flexibility index (Phi) is 2.99. The van der Waals surface area contributed by atoms with Gasteiger partial charge >= 0.3 is 0 Å². The van der Waals surface area contributed by atoms with Crippen LogP contribution in [0.15, 0.2) is 18.2 Å². The lowest BCUT2D eigenvalue weighted by Gasteiger charge is -2.23. The zero-order chi connectivity index (χ0) is 13.5. The molecule has 1 aliphatic rings. The van der Waals surface area contributed by atoms with Crippen LogP contribution in [0.5, 0.6) is 0 Å². The maximum absolute atomic E-state index is 12.0. The van der Waals surface area contributed by atoms with E-state index >= 15 is 0 Å². The molecule has 0 unspecified atom stereocenters. The van der Waals surface area contributed by atoms with Gasteiger partial charge in [-0.1, -0.05) is 0 Å². The fraction of sp³-hybridized carbons (Fsp3) is 0.462. The molecule has 2 N–H and O–H groups in total. The van der Waals surface area contributed by atoms with E-state index in [2.05, 4.69) is 14.1 Å². The highest BCUT2D eigenvalue weighted by Crippen LogP contribution is 2.39. The van der Waals surface area contributed by atoms with Crippen molar-refractivity contribution < 1.29 is 9.90 Å². The molecule has 1 aliphatic carbocycles. The first-order valence-electron chi connectivity index (χ1n) is 6.29. The van der Waals surface area contributed by atoms with Crippen LogP contribution >= 0.6 is 11.7 Å². The molecule has 19 heavy (non-hydrogen) atoms. The molecule has 1 heterocycles. The molecule has 2 aromatic rings. The highest BCUT2D eigenvalue weighted by molar-refractivity contribution is 7.00. The van der Waals surface area contributed by atoms with Crippen molar-refractivity contribution in [3.8, 4) is 0 Å². The topological polar surface area (TPSA) is 75.1 Å². The molecular formula is C13H15N3O2S. The molecule has 6 heteroatoms. The highest BCUT2D eigenvalue weighted by atomic mass is 32.1. The van der Waals surface area contributed by atoms with E-state index in [9.17, 15) is 9.90 Å². The molecule has 0 radical (unpaired) electrons. The molecule has 1 aromatic carbocycles. The van der Waals surface area contributed by atoms with Crippen LogP contribution in [0.4, 0.5) is 0 Å². The normalized spacial score (nSPS) is 18.2. The lowest BCUT2D eigenvalue weighted by atomic mass is 10.0. The standard InChI is InChI=1S/C13H15N3O2S/c1-13(18,9-3-4-9)7-14-12(17)8-2-5-10-11(6-8)16-19-15-10/h2,5-6,9,18H,3-4,7H2,1H3,(H,14,17)/t13-/m0/s1. The smallest absolute Gasteiger partial charge is 0.251 e. The number of hydrogen-bond donors (Lipinski definition) is 2. The van der Waals surface area contributed by atoms with E-state index in [1.54, 1.807) is 25.1 Å². The Bertz CT molecular complexity index is 619. The monoisotopic (exact) mass is 277 g/mol. The van der Waals surface area contributed by atoms with Crippen molar-refractivity contribution in [3.63, 3.8) is 0 Å². The van der Waals surface area contributed by atoms with Crippen molar-refractivity contribution in [1.82, 2.24) is 14.1 Å². The van der Waals surface area contributed by atoms with E-state index in [1.165, 1.54) is 0 Å². The lowest BCUT2D eigenvalue weighted by molar-refractivity contribution is 0.0354. The number of rotatable bonds is 4. The number of nitrogens with one attached hydrogen (secondary N) is 1. The van der Waals surface area contributed by atoms with Crippen LogP contribution in [-0.4, -0.2) is 31.9 Å². The van der Waals surface area contributed by atoms with E-state index in [1.807, 2.05) is 0 Å². The van der Waals surface area contributed by atoms with E-state index in [0.717, 1.165) is 35.6 Å². The average molecular weight is 277 g/mol. The third-order valence-corrected chi connectivity index (χ3v) is 4.14. The van der Waals surface area contributed by atoms with Gasteiger partial charge in [-0.2, -0.15) is 8.75 Å². The van der Waals surface area contributed by atoms with Crippen LogP contribution in [0.25, 0.3) is 11.0 Å². The highest BCUT2D eigenvalue weighted by Gasteiger charge is 2.39. The van der Waals surface area contributed by atoms with Crippen LogP contribution in [0.3, 0.4) is 0 Å². The fourth-order valence-corrected chi connectivity index (χ4v) is 2.65. The average Bonchev–Trinajstić information content (AvgIpc) is 3.15. The maximum atomic E-state index is 12.0. The SMILES string of the molecule is C[C@](O)(CNC(=O)c1ccc2nsnc2c1)C1CC1. The summed E-state index contributed by atoms with van der Waals surface area (Å²) in [5, 5.41) is 12.9. The van der Waals surface area contributed by atoms with Crippen LogP contribution in [0.2, 0.25) is 0 Å². The number of carbonyl (C=O) groups is 1. The van der Waals surface area contributed by atoms with Crippen molar-refractivity contribution in [2.45, 2.75) is 25.4 Å². The Balaban J connectivity index is 1.69. The summed E-state index contributed by atoms with van der Waals surface area (Å²) in [7, 11) is 0. The van der Waals surface area contributed by atoms with E-state index in [-0.39, 0.29) is 12.5 Å². The van der Waals surface area contributed by atoms with E-state index < -0.39 is 5.60 Å². The molecule has 0 aliphatic heterocycles. The molecule has 1 aromatic heterocycles. The molecule has 0 saturated heterocycles. The van der Waals surface area contributed by atoms with Gasteiger partial charge in [-0.15, -0.1) is 0 Å². The van der Waals surface area contributed by atoms with Crippen molar-refractivity contribution in [2.24, 2.45) is 5.92 Å². The first-order valence-corrected chi connectivity index (χ1v) is 7.02. The largest absolute Gasteiger partial charge is 0.388 e. The van der Waals surface area contributed by atoms with Gasteiger partial charge in [0, 0.05) is 12.1 Å². The van der Waals surface area contributed by atoms with Crippen LogP contribution in [0, 0.1) is 5.92 Å². The van der Waals surface area contributed by atoms with Gasteiger partial charge in [0.25, 0.3) is 5.91 Å². The van der Waals surface area contributed by atoms with Crippen molar-refractivity contribution in [1.29, 1.82) is 0 Å². The molecule has 100 valence electrons. The maximum Gasteiger partial charge on any atom is 0.251 e. The molecule has 0 bridgehead atoms. The third-order valence-electron chi connectivity index (χ3n) is 3.58. The van der Waals surface area contributed by atoms with E-state index in [0.29, 0.717) is 11.5 Å². The Labute approximate surface area is 115 Å². The fourth-order valence-electron chi connectivity index (χ4n) is 2.13. The summed E-state index contributed by atoms with van der Waals surface area (Å²) in [4.78, 5) is 12.0. The quantitative estimate of drug-likeness (QED) is 0.889. The molecule has 1 fully saturated rings. The number of carbonyl (C=O) groups excluding carboxylic acids is 1. The van der Waals surface area contributed by atoms with Crippen LogP contribution < -0.4 is 5.32 Å². The van der Waals surface area contributed by atoms with Gasteiger partial charge in [0.1, 0.15) is 11.0 Å². The predicted molar refractivity (Wildman–Crippen MR) is 73.1 cm³/mol. The number of hydrogen-bond acceptors (Lipinski definition) is 5. The Hall–Kier alpha value is -1.53. The first kappa shape index (κ1) is 12.5. The van der Waals surface area contributed by atoms with Gasteiger partial charge in [0.2, 0.25) is 0 Å². The second-order valence-corrected chi connectivity index (χ2v) is 5.81. The molecule has 1 saturated carbocycles. The molecule has 0 spiro atoms. The summed E-state index contributed by atoms with van der Waals surface area (Å²) in [5.74, 6) is 0.133. The molecule has 3 rings (SSSR count). The van der Waals surface area contributed by atoms with Gasteiger partial charge in [0.15, 0.2) is 0 Å².